The molecule has 1 aromatic carbocycles. The molecular formula is C15H22BrNO2S. The Labute approximate surface area is 130 Å². The van der Waals surface area contributed by atoms with Crippen LogP contribution in [0.5, 0.6) is 0 Å². The highest BCUT2D eigenvalue weighted by Crippen LogP contribution is 2.39. The Morgan fingerprint density at radius 2 is 1.85 bits per heavy atom. The first-order chi connectivity index (χ1) is 9.21. The normalized spacial score (nSPS) is 27.0. The van der Waals surface area contributed by atoms with E-state index in [1.165, 1.54) is 6.26 Å². The maximum Gasteiger partial charge on any atom is 0.150 e. The van der Waals surface area contributed by atoms with Crippen molar-refractivity contribution in [2.24, 2.45) is 11.7 Å². The van der Waals surface area contributed by atoms with Crippen molar-refractivity contribution in [2.45, 2.75) is 43.4 Å². The van der Waals surface area contributed by atoms with Gasteiger partial charge in [0.15, 0.2) is 0 Å². The predicted molar refractivity (Wildman–Crippen MR) is 86.3 cm³/mol. The third-order valence-corrected chi connectivity index (χ3v) is 6.71. The zero-order chi connectivity index (χ0) is 15.0. The molecule has 1 aliphatic rings. The van der Waals surface area contributed by atoms with Crippen LogP contribution < -0.4 is 5.73 Å². The van der Waals surface area contributed by atoms with E-state index < -0.39 is 15.4 Å². The van der Waals surface area contributed by atoms with Crippen molar-refractivity contribution >= 4 is 25.8 Å². The van der Waals surface area contributed by atoms with E-state index in [4.69, 9.17) is 5.73 Å². The number of benzene rings is 1. The van der Waals surface area contributed by atoms with E-state index in [1.807, 2.05) is 31.2 Å². The van der Waals surface area contributed by atoms with Crippen molar-refractivity contribution < 1.29 is 8.42 Å². The molecule has 3 unspecified atom stereocenters. The predicted octanol–water partition coefficient (Wildman–Crippen LogP) is 3.23. The van der Waals surface area contributed by atoms with Crippen LogP contribution in [-0.4, -0.2) is 19.9 Å². The molecule has 0 spiro atoms. The largest absolute Gasteiger partial charge is 0.321 e. The summed E-state index contributed by atoms with van der Waals surface area (Å²) in [6.45, 7) is 2.02. The molecule has 1 aliphatic carbocycles. The van der Waals surface area contributed by atoms with E-state index in [2.05, 4.69) is 15.9 Å². The summed E-state index contributed by atoms with van der Waals surface area (Å²) in [5.41, 5.74) is 7.15. The van der Waals surface area contributed by atoms with Crippen LogP contribution in [0.15, 0.2) is 28.7 Å². The first-order valence-corrected chi connectivity index (χ1v) is 9.70. The summed E-state index contributed by atoms with van der Waals surface area (Å²) in [5.74, 6) is 0.206. The molecule has 0 heterocycles. The van der Waals surface area contributed by atoms with Gasteiger partial charge in [-0.1, -0.05) is 34.5 Å². The quantitative estimate of drug-likeness (QED) is 0.900. The molecule has 2 N–H and O–H groups in total. The first-order valence-electron chi connectivity index (χ1n) is 6.95. The molecule has 1 aromatic rings. The molecule has 1 saturated carbocycles. The van der Waals surface area contributed by atoms with E-state index in [0.717, 1.165) is 29.3 Å². The minimum atomic E-state index is -2.97. The van der Waals surface area contributed by atoms with Gasteiger partial charge in [-0.3, -0.25) is 0 Å². The van der Waals surface area contributed by atoms with E-state index in [0.29, 0.717) is 6.42 Å². The molecule has 3 nitrogen and oxygen atoms in total. The number of hydrogen-bond donors (Lipinski definition) is 1. The summed E-state index contributed by atoms with van der Waals surface area (Å²) < 4.78 is 24.6. The van der Waals surface area contributed by atoms with Crippen LogP contribution >= 0.6 is 15.9 Å². The molecule has 2 rings (SSSR count). The van der Waals surface area contributed by atoms with Crippen molar-refractivity contribution in [3.8, 4) is 0 Å². The summed E-state index contributed by atoms with van der Waals surface area (Å²) in [6.07, 6.45) is 4.71. The van der Waals surface area contributed by atoms with Gasteiger partial charge in [0.1, 0.15) is 9.84 Å². The summed E-state index contributed by atoms with van der Waals surface area (Å²) in [4.78, 5) is 0. The maximum absolute atomic E-state index is 11.8. The van der Waals surface area contributed by atoms with Gasteiger partial charge in [0.2, 0.25) is 0 Å². The average Bonchev–Trinajstić information content (AvgIpc) is 2.38. The Morgan fingerprint density at radius 3 is 2.40 bits per heavy atom. The lowest BCUT2D eigenvalue weighted by Crippen LogP contribution is -2.45. The second-order valence-electron chi connectivity index (χ2n) is 6.10. The van der Waals surface area contributed by atoms with Gasteiger partial charge in [-0.25, -0.2) is 8.42 Å². The monoisotopic (exact) mass is 359 g/mol. The van der Waals surface area contributed by atoms with Gasteiger partial charge >= 0.3 is 0 Å². The average molecular weight is 360 g/mol. The van der Waals surface area contributed by atoms with Crippen LogP contribution in [-0.2, 0) is 15.4 Å². The van der Waals surface area contributed by atoms with Crippen molar-refractivity contribution in [2.75, 3.05) is 6.26 Å². The second-order valence-corrected chi connectivity index (χ2v) is 9.35. The van der Waals surface area contributed by atoms with E-state index in [1.54, 1.807) is 0 Å². The molecule has 112 valence electrons. The van der Waals surface area contributed by atoms with Gasteiger partial charge in [-0.15, -0.1) is 0 Å². The Hall–Kier alpha value is -0.390. The second kappa shape index (κ2) is 5.78. The maximum atomic E-state index is 11.8. The molecule has 0 bridgehead atoms. The minimum absolute atomic E-state index is 0.206. The minimum Gasteiger partial charge on any atom is -0.321 e. The molecule has 20 heavy (non-hydrogen) atoms. The SMILES string of the molecule is CC(N)(c1ccc(Br)cc1)C1CCCC(S(C)(=O)=O)C1. The Kier molecular flexibility index (Phi) is 4.62. The zero-order valence-electron chi connectivity index (χ0n) is 12.0. The molecule has 0 radical (unpaired) electrons. The molecule has 0 aromatic heterocycles. The highest BCUT2D eigenvalue weighted by molar-refractivity contribution is 9.10. The van der Waals surface area contributed by atoms with Crippen LogP contribution in [0.1, 0.15) is 38.2 Å². The molecule has 3 atom stereocenters. The van der Waals surface area contributed by atoms with Crippen molar-refractivity contribution in [3.05, 3.63) is 34.3 Å². The lowest BCUT2D eigenvalue weighted by Gasteiger charge is -2.39. The van der Waals surface area contributed by atoms with Crippen LogP contribution in [0.25, 0.3) is 0 Å². The van der Waals surface area contributed by atoms with Crippen molar-refractivity contribution in [1.82, 2.24) is 0 Å². The number of nitrogens with two attached hydrogens (primary N) is 1. The number of rotatable bonds is 3. The smallest absolute Gasteiger partial charge is 0.150 e. The lowest BCUT2D eigenvalue weighted by molar-refractivity contribution is 0.225. The fraction of sp³-hybridized carbons (Fsp3) is 0.600. The third-order valence-electron chi connectivity index (χ3n) is 4.55. The topological polar surface area (TPSA) is 60.2 Å². The van der Waals surface area contributed by atoms with Gasteiger partial charge in [0.25, 0.3) is 0 Å². The van der Waals surface area contributed by atoms with Crippen LogP contribution in [0.3, 0.4) is 0 Å². The highest BCUT2D eigenvalue weighted by Gasteiger charge is 2.38. The Morgan fingerprint density at radius 1 is 1.25 bits per heavy atom. The van der Waals surface area contributed by atoms with Crippen molar-refractivity contribution in [1.29, 1.82) is 0 Å². The van der Waals surface area contributed by atoms with Gasteiger partial charge in [-0.05, 0) is 49.8 Å². The van der Waals surface area contributed by atoms with Crippen LogP contribution in [0.4, 0.5) is 0 Å². The van der Waals surface area contributed by atoms with Crippen LogP contribution in [0.2, 0.25) is 0 Å². The van der Waals surface area contributed by atoms with Gasteiger partial charge in [0.05, 0.1) is 5.25 Å². The van der Waals surface area contributed by atoms with Gasteiger partial charge < -0.3 is 5.73 Å². The molecule has 0 amide bonds. The number of halogens is 1. The molecular weight excluding hydrogens is 338 g/mol. The fourth-order valence-corrected chi connectivity index (χ4v) is 4.56. The highest BCUT2D eigenvalue weighted by atomic mass is 79.9. The third kappa shape index (κ3) is 3.43. The first kappa shape index (κ1) is 16.0. The lowest BCUT2D eigenvalue weighted by atomic mass is 9.72. The summed E-state index contributed by atoms with van der Waals surface area (Å²) in [6, 6.07) is 8.01. The number of sulfone groups is 1. The molecule has 0 saturated heterocycles. The summed E-state index contributed by atoms with van der Waals surface area (Å²) in [5, 5.41) is -0.237. The Bertz CT molecular complexity index is 566. The number of hydrogen-bond acceptors (Lipinski definition) is 3. The molecule has 5 heteroatoms. The van der Waals surface area contributed by atoms with Gasteiger partial charge in [0, 0.05) is 16.3 Å². The van der Waals surface area contributed by atoms with E-state index in [-0.39, 0.29) is 11.2 Å². The summed E-state index contributed by atoms with van der Waals surface area (Å²) in [7, 11) is -2.97. The standard InChI is InChI=1S/C15H22BrNO2S/c1-15(17,11-6-8-13(16)9-7-11)12-4-3-5-14(10-12)20(2,18)19/h6-9,12,14H,3-5,10,17H2,1-2H3. The molecule has 1 fully saturated rings. The summed E-state index contributed by atoms with van der Waals surface area (Å²) >= 11 is 3.42. The van der Waals surface area contributed by atoms with Crippen LogP contribution in [0, 0.1) is 5.92 Å². The fourth-order valence-electron chi connectivity index (χ4n) is 3.12. The Balaban J connectivity index is 2.23. The van der Waals surface area contributed by atoms with Gasteiger partial charge in [-0.2, -0.15) is 0 Å². The zero-order valence-corrected chi connectivity index (χ0v) is 14.4. The van der Waals surface area contributed by atoms with E-state index >= 15 is 0 Å². The van der Waals surface area contributed by atoms with Crippen molar-refractivity contribution in [3.63, 3.8) is 0 Å². The molecule has 0 aliphatic heterocycles. The van der Waals surface area contributed by atoms with E-state index in [9.17, 15) is 8.42 Å².